The number of nitrogens with zero attached hydrogens (tertiary/aromatic N) is 4. The molecule has 3 aromatic carbocycles. The smallest absolute Gasteiger partial charge is 0.251 e. The number of carbonyl (C=O) groups is 2. The number of piperidine rings is 1. The summed E-state index contributed by atoms with van der Waals surface area (Å²) in [5, 5.41) is 3.72. The highest BCUT2D eigenvalue weighted by atomic mass is 35.5. The topological polar surface area (TPSA) is 68.4 Å². The van der Waals surface area contributed by atoms with Gasteiger partial charge < -0.3 is 19.9 Å². The Kier molecular flexibility index (Phi) is 13.1. The zero-order chi connectivity index (χ0) is 33.0. The molecule has 0 saturated carbocycles. The van der Waals surface area contributed by atoms with E-state index >= 15 is 0 Å². The number of amides is 2. The number of hydrogen-bond acceptors (Lipinski definition) is 6. The molecule has 2 aliphatic heterocycles. The van der Waals surface area contributed by atoms with Gasteiger partial charge >= 0.3 is 0 Å². The highest BCUT2D eigenvalue weighted by molar-refractivity contribution is 6.30. The number of rotatable bonds is 14. The molecule has 0 radical (unpaired) electrons. The van der Waals surface area contributed by atoms with Crippen LogP contribution >= 0.6 is 11.6 Å². The maximum absolute atomic E-state index is 13.4. The molecule has 0 unspecified atom stereocenters. The lowest BCUT2D eigenvalue weighted by Gasteiger charge is -2.38. The summed E-state index contributed by atoms with van der Waals surface area (Å²) in [6, 6.07) is 24.0. The van der Waals surface area contributed by atoms with Gasteiger partial charge in [0.1, 0.15) is 5.75 Å². The van der Waals surface area contributed by atoms with Crippen LogP contribution in [0.15, 0.2) is 72.8 Å². The van der Waals surface area contributed by atoms with Crippen LogP contribution in [0.3, 0.4) is 0 Å². The number of nitrogens with one attached hydrogen (secondary N) is 1. The molecule has 2 aliphatic rings. The first kappa shape index (κ1) is 34.9. The molecular formula is C38H50ClN5O3. The van der Waals surface area contributed by atoms with Crippen LogP contribution in [-0.4, -0.2) is 104 Å². The quantitative estimate of drug-likeness (QED) is 0.240. The molecule has 8 nitrogen and oxygen atoms in total. The van der Waals surface area contributed by atoms with Crippen LogP contribution < -0.4 is 10.1 Å². The normalized spacial score (nSPS) is 16.4. The van der Waals surface area contributed by atoms with Crippen molar-refractivity contribution >= 4 is 23.4 Å². The van der Waals surface area contributed by atoms with Crippen molar-refractivity contribution in [3.05, 3.63) is 100 Å². The van der Waals surface area contributed by atoms with Gasteiger partial charge in [-0.25, -0.2) is 0 Å². The second-order valence-electron chi connectivity index (χ2n) is 13.1. The molecule has 1 N–H and O–H groups in total. The molecule has 2 heterocycles. The van der Waals surface area contributed by atoms with Crippen LogP contribution in [0.2, 0.25) is 5.02 Å². The molecule has 2 saturated heterocycles. The van der Waals surface area contributed by atoms with E-state index in [9.17, 15) is 9.59 Å². The standard InChI is InChI=1S/C38H50ClN5O3/c1-41(2)20-3-27-47-36-14-8-32(9-15-36)28-42-21-17-34(18-22-42)38(46)44-25-23-43(24-26-44)29-31-4-10-33(11-5-31)37(45)40-19-16-30-6-12-35(39)13-7-30/h4-15,34H,3,16-29H2,1-2H3,(H,40,45). The fraction of sp³-hybridized carbons (Fsp3) is 0.474. The molecular weight excluding hydrogens is 610 g/mol. The van der Waals surface area contributed by atoms with Gasteiger partial charge in [-0.05, 0) is 106 Å². The number of hydrogen-bond donors (Lipinski definition) is 1. The zero-order valence-electron chi connectivity index (χ0n) is 28.0. The third kappa shape index (κ3) is 11.1. The maximum Gasteiger partial charge on any atom is 0.251 e. The van der Waals surface area contributed by atoms with Crippen LogP contribution in [0.1, 0.15) is 46.3 Å². The van der Waals surface area contributed by atoms with Gasteiger partial charge in [-0.2, -0.15) is 0 Å². The van der Waals surface area contributed by atoms with Gasteiger partial charge in [0, 0.05) is 68.9 Å². The van der Waals surface area contributed by atoms with Gasteiger partial charge in [0.15, 0.2) is 0 Å². The largest absolute Gasteiger partial charge is 0.494 e. The molecule has 0 aromatic heterocycles. The second-order valence-corrected chi connectivity index (χ2v) is 13.6. The monoisotopic (exact) mass is 659 g/mol. The lowest BCUT2D eigenvalue weighted by atomic mass is 9.94. The molecule has 2 fully saturated rings. The maximum atomic E-state index is 13.4. The Balaban J connectivity index is 0.966. The number of likely N-dealkylation sites (tertiary alicyclic amines) is 1. The Morgan fingerprint density at radius 1 is 0.787 bits per heavy atom. The summed E-state index contributed by atoms with van der Waals surface area (Å²) in [6.07, 6.45) is 3.63. The lowest BCUT2D eigenvalue weighted by molar-refractivity contribution is -0.139. The second kappa shape index (κ2) is 17.6. The third-order valence-electron chi connectivity index (χ3n) is 9.20. The van der Waals surface area contributed by atoms with Crippen molar-refractivity contribution in [2.45, 2.75) is 38.8 Å². The SMILES string of the molecule is CN(C)CCCOc1ccc(CN2CCC(C(=O)N3CCN(Cc4ccc(C(=O)NCCc5ccc(Cl)cc5)cc4)CC3)CC2)cc1. The van der Waals surface area contributed by atoms with E-state index in [0.717, 1.165) is 103 Å². The Bertz CT molecular complexity index is 1400. The first-order valence-corrected chi connectivity index (χ1v) is 17.4. The van der Waals surface area contributed by atoms with Crippen molar-refractivity contribution in [3.63, 3.8) is 0 Å². The van der Waals surface area contributed by atoms with E-state index in [2.05, 4.69) is 63.3 Å². The van der Waals surface area contributed by atoms with Crippen molar-refractivity contribution < 1.29 is 14.3 Å². The third-order valence-corrected chi connectivity index (χ3v) is 9.46. The summed E-state index contributed by atoms with van der Waals surface area (Å²) in [4.78, 5) is 35.1. The number of benzene rings is 3. The molecule has 0 atom stereocenters. The molecule has 3 aromatic rings. The average Bonchev–Trinajstić information content (AvgIpc) is 3.09. The number of piperazine rings is 1. The summed E-state index contributed by atoms with van der Waals surface area (Å²) in [6.45, 7) is 9.26. The van der Waals surface area contributed by atoms with E-state index < -0.39 is 0 Å². The molecule has 0 bridgehead atoms. The van der Waals surface area contributed by atoms with Crippen LogP contribution in [0.25, 0.3) is 0 Å². The zero-order valence-corrected chi connectivity index (χ0v) is 28.8. The molecule has 5 rings (SSSR count). The Morgan fingerprint density at radius 2 is 1.36 bits per heavy atom. The van der Waals surface area contributed by atoms with Gasteiger partial charge in [-0.15, -0.1) is 0 Å². The van der Waals surface area contributed by atoms with Crippen LogP contribution in [0.5, 0.6) is 5.75 Å². The van der Waals surface area contributed by atoms with Gasteiger partial charge in [0.25, 0.3) is 5.91 Å². The van der Waals surface area contributed by atoms with Crippen molar-refractivity contribution in [1.82, 2.24) is 24.9 Å². The first-order chi connectivity index (χ1) is 22.8. The van der Waals surface area contributed by atoms with Crippen molar-refractivity contribution in [3.8, 4) is 5.75 Å². The van der Waals surface area contributed by atoms with E-state index in [1.165, 1.54) is 11.1 Å². The summed E-state index contributed by atoms with van der Waals surface area (Å²) < 4.78 is 5.87. The highest BCUT2D eigenvalue weighted by Gasteiger charge is 2.30. The van der Waals surface area contributed by atoms with E-state index in [0.29, 0.717) is 23.0 Å². The Labute approximate surface area is 285 Å². The average molecular weight is 660 g/mol. The van der Waals surface area contributed by atoms with Crippen molar-refractivity contribution in [2.24, 2.45) is 5.92 Å². The van der Waals surface area contributed by atoms with Gasteiger partial charge in [0.05, 0.1) is 6.61 Å². The highest BCUT2D eigenvalue weighted by Crippen LogP contribution is 2.23. The number of carbonyl (C=O) groups excluding carboxylic acids is 2. The summed E-state index contributed by atoms with van der Waals surface area (Å²) in [5.74, 6) is 1.32. The minimum atomic E-state index is -0.0608. The van der Waals surface area contributed by atoms with Crippen LogP contribution in [0, 0.1) is 5.92 Å². The molecule has 47 heavy (non-hydrogen) atoms. The summed E-state index contributed by atoms with van der Waals surface area (Å²) in [5.41, 5.74) is 4.27. The fourth-order valence-corrected chi connectivity index (χ4v) is 6.46. The predicted molar refractivity (Wildman–Crippen MR) is 189 cm³/mol. The van der Waals surface area contributed by atoms with Gasteiger partial charge in [-0.1, -0.05) is 48.0 Å². The molecule has 0 aliphatic carbocycles. The molecule has 0 spiro atoms. The van der Waals surface area contributed by atoms with Crippen LogP contribution in [0.4, 0.5) is 0 Å². The minimum absolute atomic E-state index is 0.0608. The minimum Gasteiger partial charge on any atom is -0.494 e. The molecule has 252 valence electrons. The van der Waals surface area contributed by atoms with Crippen LogP contribution in [-0.2, 0) is 24.3 Å². The Hall–Kier alpha value is -3.43. The predicted octanol–water partition coefficient (Wildman–Crippen LogP) is 5.20. The van der Waals surface area contributed by atoms with Gasteiger partial charge in [-0.3, -0.25) is 19.4 Å². The first-order valence-electron chi connectivity index (χ1n) is 17.0. The summed E-state index contributed by atoms with van der Waals surface area (Å²) >= 11 is 5.95. The summed E-state index contributed by atoms with van der Waals surface area (Å²) in [7, 11) is 4.16. The molecule has 2 amide bonds. The van der Waals surface area contributed by atoms with E-state index in [4.69, 9.17) is 16.3 Å². The number of halogens is 1. The Morgan fingerprint density at radius 3 is 1.98 bits per heavy atom. The lowest BCUT2D eigenvalue weighted by Crippen LogP contribution is -2.51. The van der Waals surface area contributed by atoms with Gasteiger partial charge in [0.2, 0.25) is 5.91 Å². The van der Waals surface area contributed by atoms with E-state index in [1.807, 2.05) is 48.5 Å². The van der Waals surface area contributed by atoms with E-state index in [1.54, 1.807) is 0 Å². The number of ether oxygens (including phenoxy) is 1. The molecule has 9 heteroatoms. The van der Waals surface area contributed by atoms with Crippen molar-refractivity contribution in [1.29, 1.82) is 0 Å². The van der Waals surface area contributed by atoms with Crippen molar-refractivity contribution in [2.75, 3.05) is 73.1 Å². The van der Waals surface area contributed by atoms with E-state index in [-0.39, 0.29) is 11.8 Å². The fourth-order valence-electron chi connectivity index (χ4n) is 6.34.